The summed E-state index contributed by atoms with van der Waals surface area (Å²) in [6.07, 6.45) is 3.51. The lowest BCUT2D eigenvalue weighted by molar-refractivity contribution is 0.218. The molecule has 3 heteroatoms. The predicted molar refractivity (Wildman–Crippen MR) is 106 cm³/mol. The third kappa shape index (κ3) is 4.55. The molecule has 0 amide bonds. The van der Waals surface area contributed by atoms with E-state index in [9.17, 15) is 0 Å². The minimum absolute atomic E-state index is 0.626. The van der Waals surface area contributed by atoms with E-state index in [4.69, 9.17) is 4.74 Å². The number of aryl methyl sites for hydroxylation is 1. The fourth-order valence-corrected chi connectivity index (χ4v) is 3.82. The maximum absolute atomic E-state index is 5.54. The monoisotopic (exact) mass is 338 g/mol. The van der Waals surface area contributed by atoms with Gasteiger partial charge in [0, 0.05) is 18.8 Å². The van der Waals surface area contributed by atoms with Gasteiger partial charge in [-0.25, -0.2) is 0 Å². The van der Waals surface area contributed by atoms with E-state index in [0.717, 1.165) is 25.3 Å². The van der Waals surface area contributed by atoms with E-state index in [1.54, 1.807) is 7.11 Å². The molecule has 1 heterocycles. The molecule has 134 valence electrons. The van der Waals surface area contributed by atoms with Crippen molar-refractivity contribution < 1.29 is 4.74 Å². The highest BCUT2D eigenvalue weighted by atomic mass is 16.5. The number of hydrogen-bond acceptors (Lipinski definition) is 3. The summed E-state index contributed by atoms with van der Waals surface area (Å²) in [6, 6.07) is 17.1. The van der Waals surface area contributed by atoms with Crippen LogP contribution in [-0.4, -0.2) is 38.2 Å². The Labute approximate surface area is 152 Å². The number of methoxy groups -OCH3 is 1. The molecular formula is C22H30N2O. The first kappa shape index (κ1) is 17.8. The van der Waals surface area contributed by atoms with E-state index >= 15 is 0 Å². The summed E-state index contributed by atoms with van der Waals surface area (Å²) in [5.41, 5.74) is 4.06. The molecule has 1 saturated heterocycles. The third-order valence-corrected chi connectivity index (χ3v) is 5.31. The van der Waals surface area contributed by atoms with Crippen molar-refractivity contribution in [2.24, 2.45) is 0 Å². The largest absolute Gasteiger partial charge is 0.496 e. The number of nitrogens with one attached hydrogen (secondary N) is 1. The number of likely N-dealkylation sites (tertiary alicyclic amines) is 1. The first-order valence-electron chi connectivity index (χ1n) is 9.49. The Balaban J connectivity index is 1.47. The van der Waals surface area contributed by atoms with E-state index in [1.807, 2.05) is 0 Å². The Kier molecular flexibility index (Phi) is 6.35. The number of ether oxygens (including phenoxy) is 1. The van der Waals surface area contributed by atoms with Gasteiger partial charge in [-0.1, -0.05) is 43.3 Å². The van der Waals surface area contributed by atoms with Gasteiger partial charge in [-0.3, -0.25) is 0 Å². The highest BCUT2D eigenvalue weighted by Gasteiger charge is 2.22. The zero-order valence-corrected chi connectivity index (χ0v) is 15.5. The highest BCUT2D eigenvalue weighted by molar-refractivity contribution is 5.51. The second-order valence-corrected chi connectivity index (χ2v) is 6.80. The Hall–Kier alpha value is -2.00. The van der Waals surface area contributed by atoms with Gasteiger partial charge in [0.05, 0.1) is 7.11 Å². The molecule has 2 aromatic rings. The minimum atomic E-state index is 0.626. The van der Waals surface area contributed by atoms with Crippen LogP contribution in [0.15, 0.2) is 48.5 Å². The van der Waals surface area contributed by atoms with Crippen LogP contribution in [0.2, 0.25) is 0 Å². The Bertz CT molecular complexity index is 660. The average molecular weight is 338 g/mol. The van der Waals surface area contributed by atoms with E-state index in [1.165, 1.54) is 42.7 Å². The second-order valence-electron chi connectivity index (χ2n) is 6.80. The van der Waals surface area contributed by atoms with Crippen LogP contribution in [0.25, 0.3) is 0 Å². The molecular weight excluding hydrogens is 308 g/mol. The SMILES string of the molecule is CCc1ccccc1NCCN1CCC(c2ccccc2OC)CC1. The van der Waals surface area contributed by atoms with Gasteiger partial charge >= 0.3 is 0 Å². The fourth-order valence-electron chi connectivity index (χ4n) is 3.82. The molecule has 1 fully saturated rings. The van der Waals surface area contributed by atoms with Crippen molar-refractivity contribution in [2.75, 3.05) is 38.6 Å². The van der Waals surface area contributed by atoms with Gasteiger partial charge in [0.25, 0.3) is 0 Å². The topological polar surface area (TPSA) is 24.5 Å². The molecule has 0 saturated carbocycles. The fraction of sp³-hybridized carbons (Fsp3) is 0.455. The number of para-hydroxylation sites is 2. The van der Waals surface area contributed by atoms with Crippen molar-refractivity contribution in [3.05, 3.63) is 59.7 Å². The lowest BCUT2D eigenvalue weighted by atomic mass is 9.89. The van der Waals surface area contributed by atoms with Gasteiger partial charge in [-0.05, 0) is 61.5 Å². The van der Waals surface area contributed by atoms with Gasteiger partial charge in [0.2, 0.25) is 0 Å². The lowest BCUT2D eigenvalue weighted by Gasteiger charge is -2.32. The summed E-state index contributed by atoms with van der Waals surface area (Å²) < 4.78 is 5.54. The molecule has 0 bridgehead atoms. The zero-order valence-electron chi connectivity index (χ0n) is 15.5. The van der Waals surface area contributed by atoms with Crippen LogP contribution in [0, 0.1) is 0 Å². The Morgan fingerprint density at radius 3 is 2.52 bits per heavy atom. The van der Waals surface area contributed by atoms with E-state index < -0.39 is 0 Å². The maximum Gasteiger partial charge on any atom is 0.122 e. The predicted octanol–water partition coefficient (Wildman–Crippen LogP) is 4.55. The van der Waals surface area contributed by atoms with Crippen LogP contribution in [0.3, 0.4) is 0 Å². The lowest BCUT2D eigenvalue weighted by Crippen LogP contribution is -2.36. The normalized spacial score (nSPS) is 15.9. The molecule has 0 aromatic heterocycles. The second kappa shape index (κ2) is 8.91. The molecule has 25 heavy (non-hydrogen) atoms. The number of nitrogens with zero attached hydrogens (tertiary/aromatic N) is 1. The van der Waals surface area contributed by atoms with E-state index in [2.05, 4.69) is 65.7 Å². The summed E-state index contributed by atoms with van der Waals surface area (Å²) in [6.45, 7) is 6.66. The third-order valence-electron chi connectivity index (χ3n) is 5.31. The number of benzene rings is 2. The zero-order chi connectivity index (χ0) is 17.5. The van der Waals surface area contributed by atoms with Crippen molar-refractivity contribution in [1.82, 2.24) is 4.90 Å². The Morgan fingerprint density at radius 1 is 1.04 bits per heavy atom. The van der Waals surface area contributed by atoms with Crippen molar-refractivity contribution in [2.45, 2.75) is 32.1 Å². The van der Waals surface area contributed by atoms with Crippen molar-refractivity contribution in [3.63, 3.8) is 0 Å². The van der Waals surface area contributed by atoms with Gasteiger partial charge in [0.15, 0.2) is 0 Å². The number of anilines is 1. The number of rotatable bonds is 7. The van der Waals surface area contributed by atoms with Crippen LogP contribution in [-0.2, 0) is 6.42 Å². The molecule has 1 aliphatic heterocycles. The van der Waals surface area contributed by atoms with Crippen LogP contribution < -0.4 is 10.1 Å². The van der Waals surface area contributed by atoms with Crippen LogP contribution >= 0.6 is 0 Å². The molecule has 1 aliphatic rings. The van der Waals surface area contributed by atoms with Crippen LogP contribution in [0.5, 0.6) is 5.75 Å². The molecule has 0 unspecified atom stereocenters. The van der Waals surface area contributed by atoms with Gasteiger partial charge in [-0.15, -0.1) is 0 Å². The quantitative estimate of drug-likeness (QED) is 0.801. The van der Waals surface area contributed by atoms with Gasteiger partial charge in [-0.2, -0.15) is 0 Å². The average Bonchev–Trinajstić information content (AvgIpc) is 2.69. The summed E-state index contributed by atoms with van der Waals surface area (Å²) in [4.78, 5) is 2.58. The van der Waals surface area contributed by atoms with Crippen molar-refractivity contribution in [1.29, 1.82) is 0 Å². The van der Waals surface area contributed by atoms with E-state index in [0.29, 0.717) is 5.92 Å². The standard InChI is InChI=1S/C22H30N2O/c1-3-18-8-4-6-10-21(18)23-14-17-24-15-12-19(13-16-24)20-9-5-7-11-22(20)25-2/h4-11,19,23H,3,12-17H2,1-2H3. The summed E-state index contributed by atoms with van der Waals surface area (Å²) in [7, 11) is 1.77. The molecule has 3 nitrogen and oxygen atoms in total. The van der Waals surface area contributed by atoms with Gasteiger partial charge in [0.1, 0.15) is 5.75 Å². The molecule has 1 N–H and O–H groups in total. The number of hydrogen-bond donors (Lipinski definition) is 1. The first-order chi connectivity index (χ1) is 12.3. The van der Waals surface area contributed by atoms with Gasteiger partial charge < -0.3 is 15.0 Å². The number of piperidine rings is 1. The molecule has 0 aliphatic carbocycles. The first-order valence-corrected chi connectivity index (χ1v) is 9.49. The molecule has 0 spiro atoms. The minimum Gasteiger partial charge on any atom is -0.496 e. The molecule has 0 atom stereocenters. The smallest absolute Gasteiger partial charge is 0.122 e. The maximum atomic E-state index is 5.54. The summed E-state index contributed by atoms with van der Waals surface area (Å²) in [5, 5.41) is 3.61. The summed E-state index contributed by atoms with van der Waals surface area (Å²) in [5.74, 6) is 1.67. The van der Waals surface area contributed by atoms with Crippen molar-refractivity contribution in [3.8, 4) is 5.75 Å². The summed E-state index contributed by atoms with van der Waals surface area (Å²) >= 11 is 0. The molecule has 0 radical (unpaired) electrons. The molecule has 3 rings (SSSR count). The van der Waals surface area contributed by atoms with Crippen LogP contribution in [0.1, 0.15) is 36.8 Å². The molecule has 2 aromatic carbocycles. The highest BCUT2D eigenvalue weighted by Crippen LogP contribution is 2.33. The van der Waals surface area contributed by atoms with E-state index in [-0.39, 0.29) is 0 Å². The Morgan fingerprint density at radius 2 is 1.76 bits per heavy atom. The van der Waals surface area contributed by atoms with Crippen LogP contribution in [0.4, 0.5) is 5.69 Å². The van der Waals surface area contributed by atoms with Crippen molar-refractivity contribution >= 4 is 5.69 Å².